The maximum absolute atomic E-state index is 5.87. The summed E-state index contributed by atoms with van der Waals surface area (Å²) in [7, 11) is 0. The van der Waals surface area contributed by atoms with Crippen LogP contribution in [-0.4, -0.2) is 29.9 Å². The average Bonchev–Trinajstić information content (AvgIpc) is 3.21. The third-order valence-electron chi connectivity index (χ3n) is 3.67. The summed E-state index contributed by atoms with van der Waals surface area (Å²) in [5, 5.41) is 8.38. The summed E-state index contributed by atoms with van der Waals surface area (Å²) in [6.07, 6.45) is 0. The van der Waals surface area contributed by atoms with E-state index < -0.39 is 0 Å². The van der Waals surface area contributed by atoms with Gasteiger partial charge in [0.2, 0.25) is 5.95 Å². The van der Waals surface area contributed by atoms with Gasteiger partial charge in [-0.15, -0.1) is 16.7 Å². The van der Waals surface area contributed by atoms with Crippen molar-refractivity contribution in [2.75, 3.05) is 5.73 Å². The fourth-order valence-corrected chi connectivity index (χ4v) is 2.71. The maximum atomic E-state index is 5.87. The topological polar surface area (TPSA) is 109 Å². The standard InChI is InChI=1S/C16H14ClN7O/c1-9-5-6-12(25-9)13-14-15(21-16(18)20-13)24(23-22-14)8-11-4-2-3-10(7-17)19-11/h2-6H,7-8H2,1H3,(H2,18,20,21). The van der Waals surface area contributed by atoms with Crippen LogP contribution in [0.5, 0.6) is 0 Å². The number of halogens is 1. The Morgan fingerprint density at radius 1 is 1.12 bits per heavy atom. The molecule has 9 heteroatoms. The minimum atomic E-state index is 0.127. The number of rotatable bonds is 4. The van der Waals surface area contributed by atoms with Crippen molar-refractivity contribution in [3.05, 3.63) is 47.5 Å². The number of hydrogen-bond acceptors (Lipinski definition) is 7. The van der Waals surface area contributed by atoms with Crippen molar-refractivity contribution in [1.29, 1.82) is 0 Å². The predicted molar refractivity (Wildman–Crippen MR) is 92.9 cm³/mol. The number of furan rings is 1. The molecule has 8 nitrogen and oxygen atoms in total. The van der Waals surface area contributed by atoms with Crippen molar-refractivity contribution < 1.29 is 4.42 Å². The Morgan fingerprint density at radius 2 is 1.96 bits per heavy atom. The second-order valence-electron chi connectivity index (χ2n) is 5.51. The molecule has 0 saturated carbocycles. The van der Waals surface area contributed by atoms with E-state index in [0.717, 1.165) is 17.1 Å². The molecule has 4 heterocycles. The minimum absolute atomic E-state index is 0.127. The maximum Gasteiger partial charge on any atom is 0.222 e. The second-order valence-corrected chi connectivity index (χ2v) is 5.78. The van der Waals surface area contributed by atoms with E-state index in [0.29, 0.717) is 35.0 Å². The monoisotopic (exact) mass is 355 g/mol. The first kappa shape index (κ1) is 15.5. The van der Waals surface area contributed by atoms with E-state index >= 15 is 0 Å². The molecule has 0 saturated heterocycles. The number of nitrogen functional groups attached to an aromatic ring is 1. The lowest BCUT2D eigenvalue weighted by molar-refractivity contribution is 0.547. The third kappa shape index (κ3) is 2.91. The SMILES string of the molecule is Cc1ccc(-c2nc(N)nc3c2nnn3Cc2cccc(CCl)n2)o1. The van der Waals surface area contributed by atoms with Crippen molar-refractivity contribution >= 4 is 28.7 Å². The Bertz CT molecular complexity index is 1060. The Balaban J connectivity index is 1.80. The van der Waals surface area contributed by atoms with E-state index in [9.17, 15) is 0 Å². The largest absolute Gasteiger partial charge is 0.460 e. The number of alkyl halides is 1. The van der Waals surface area contributed by atoms with Gasteiger partial charge in [0.25, 0.3) is 0 Å². The molecule has 126 valence electrons. The van der Waals surface area contributed by atoms with Crippen molar-refractivity contribution in [3.63, 3.8) is 0 Å². The van der Waals surface area contributed by atoms with Crippen LogP contribution in [0, 0.1) is 6.92 Å². The predicted octanol–water partition coefficient (Wildman–Crippen LogP) is 2.55. The molecular formula is C16H14ClN7O. The molecule has 25 heavy (non-hydrogen) atoms. The van der Waals surface area contributed by atoms with E-state index in [1.165, 1.54) is 0 Å². The number of nitrogens with zero attached hydrogens (tertiary/aromatic N) is 6. The van der Waals surface area contributed by atoms with Crippen LogP contribution in [0.25, 0.3) is 22.6 Å². The molecule has 0 aromatic carbocycles. The average molecular weight is 356 g/mol. The molecule has 4 aromatic rings. The highest BCUT2D eigenvalue weighted by Gasteiger charge is 2.18. The zero-order chi connectivity index (χ0) is 17.4. The lowest BCUT2D eigenvalue weighted by atomic mass is 10.3. The first-order valence-electron chi connectivity index (χ1n) is 7.58. The van der Waals surface area contributed by atoms with Crippen LogP contribution in [0.15, 0.2) is 34.7 Å². The van der Waals surface area contributed by atoms with Crippen molar-refractivity contribution in [2.45, 2.75) is 19.3 Å². The molecule has 0 aliphatic rings. The van der Waals surface area contributed by atoms with Crippen LogP contribution in [0.1, 0.15) is 17.1 Å². The van der Waals surface area contributed by atoms with Gasteiger partial charge in [0.1, 0.15) is 11.5 Å². The summed E-state index contributed by atoms with van der Waals surface area (Å²) in [4.78, 5) is 13.0. The molecular weight excluding hydrogens is 342 g/mol. The number of hydrogen-bond donors (Lipinski definition) is 1. The minimum Gasteiger partial charge on any atom is -0.460 e. The fourth-order valence-electron chi connectivity index (χ4n) is 2.56. The van der Waals surface area contributed by atoms with E-state index in [1.807, 2.05) is 37.3 Å². The highest BCUT2D eigenvalue weighted by atomic mass is 35.5. The zero-order valence-corrected chi connectivity index (χ0v) is 14.1. The summed E-state index contributed by atoms with van der Waals surface area (Å²) >= 11 is 5.84. The normalized spacial score (nSPS) is 11.3. The Morgan fingerprint density at radius 3 is 2.72 bits per heavy atom. The van der Waals surface area contributed by atoms with Crippen LogP contribution in [0.3, 0.4) is 0 Å². The van der Waals surface area contributed by atoms with Crippen LogP contribution < -0.4 is 5.73 Å². The van der Waals surface area contributed by atoms with Crippen LogP contribution in [0.2, 0.25) is 0 Å². The van der Waals surface area contributed by atoms with Crippen LogP contribution >= 0.6 is 11.6 Å². The highest BCUT2D eigenvalue weighted by Crippen LogP contribution is 2.26. The number of anilines is 1. The van der Waals surface area contributed by atoms with Gasteiger partial charge in [-0.3, -0.25) is 4.98 Å². The summed E-state index contributed by atoms with van der Waals surface area (Å²) in [5.74, 6) is 1.83. The van der Waals surface area contributed by atoms with Gasteiger partial charge in [-0.2, -0.15) is 4.98 Å². The molecule has 0 spiro atoms. The van der Waals surface area contributed by atoms with Gasteiger partial charge in [0.05, 0.1) is 23.8 Å². The number of pyridine rings is 1. The Labute approximate surface area is 147 Å². The summed E-state index contributed by atoms with van der Waals surface area (Å²) in [6.45, 7) is 2.26. The van der Waals surface area contributed by atoms with Crippen LogP contribution in [-0.2, 0) is 12.4 Å². The van der Waals surface area contributed by atoms with Gasteiger partial charge in [-0.1, -0.05) is 11.3 Å². The van der Waals surface area contributed by atoms with E-state index in [1.54, 1.807) is 4.68 Å². The third-order valence-corrected chi connectivity index (χ3v) is 3.94. The molecule has 4 aromatic heterocycles. The lowest BCUT2D eigenvalue weighted by Crippen LogP contribution is -2.07. The Hall–Kier alpha value is -3.00. The van der Waals surface area contributed by atoms with Gasteiger partial charge in [0.15, 0.2) is 16.9 Å². The number of nitrogens with two attached hydrogens (primary N) is 1. The summed E-state index contributed by atoms with van der Waals surface area (Å²) < 4.78 is 7.27. The van der Waals surface area contributed by atoms with Crippen molar-refractivity contribution in [2.24, 2.45) is 0 Å². The van der Waals surface area contributed by atoms with E-state index in [4.69, 9.17) is 21.8 Å². The van der Waals surface area contributed by atoms with Gasteiger partial charge < -0.3 is 10.2 Å². The van der Waals surface area contributed by atoms with E-state index in [-0.39, 0.29) is 5.95 Å². The Kier molecular flexibility index (Phi) is 3.81. The van der Waals surface area contributed by atoms with Crippen molar-refractivity contribution in [3.8, 4) is 11.5 Å². The molecule has 0 fully saturated rings. The van der Waals surface area contributed by atoms with Crippen molar-refractivity contribution in [1.82, 2.24) is 29.9 Å². The van der Waals surface area contributed by atoms with Gasteiger partial charge in [-0.05, 0) is 31.2 Å². The number of fused-ring (bicyclic) bond motifs is 1. The van der Waals surface area contributed by atoms with Gasteiger partial charge in [0, 0.05) is 0 Å². The molecule has 2 N–H and O–H groups in total. The molecule has 0 bridgehead atoms. The first-order chi connectivity index (χ1) is 12.1. The van der Waals surface area contributed by atoms with Gasteiger partial charge >= 0.3 is 0 Å². The quantitative estimate of drug-likeness (QED) is 0.560. The van der Waals surface area contributed by atoms with Gasteiger partial charge in [-0.25, -0.2) is 9.67 Å². The number of aromatic nitrogens is 6. The van der Waals surface area contributed by atoms with E-state index in [2.05, 4.69) is 25.3 Å². The highest BCUT2D eigenvalue weighted by molar-refractivity contribution is 6.16. The molecule has 0 aliphatic carbocycles. The smallest absolute Gasteiger partial charge is 0.222 e. The number of aryl methyl sites for hydroxylation is 1. The summed E-state index contributed by atoms with van der Waals surface area (Å²) in [5.41, 5.74) is 9.03. The second kappa shape index (κ2) is 6.14. The molecule has 0 radical (unpaired) electrons. The molecule has 0 amide bonds. The molecule has 0 aliphatic heterocycles. The molecule has 0 atom stereocenters. The molecule has 4 rings (SSSR count). The molecule has 0 unspecified atom stereocenters. The zero-order valence-electron chi connectivity index (χ0n) is 13.3. The van der Waals surface area contributed by atoms with Crippen LogP contribution in [0.4, 0.5) is 5.95 Å². The summed E-state index contributed by atoms with van der Waals surface area (Å²) in [6, 6.07) is 9.34. The fraction of sp³-hybridized carbons (Fsp3) is 0.188. The first-order valence-corrected chi connectivity index (χ1v) is 8.12. The lowest BCUT2D eigenvalue weighted by Gasteiger charge is -2.04.